The van der Waals surface area contributed by atoms with Gasteiger partial charge in [0.2, 0.25) is 5.91 Å². The fourth-order valence-electron chi connectivity index (χ4n) is 3.51. The Labute approximate surface area is 98.0 Å². The summed E-state index contributed by atoms with van der Waals surface area (Å²) in [5, 5.41) is 9.25. The largest absolute Gasteiger partial charge is 0.481 e. The molecule has 3 aliphatic heterocycles. The predicted octanol–water partition coefficient (Wildman–Crippen LogP) is 0.0154. The Morgan fingerprint density at radius 2 is 2.29 bits per heavy atom. The SMILES string of the molecule is O=C(O)[C@H]1[C@@H]2C=C[C@]3(CN(C4CC4)C(=O)[C@@H]13)O2. The smallest absolute Gasteiger partial charge is 0.310 e. The molecule has 4 aliphatic rings. The standard InChI is InChI=1S/C12H13NO4/c14-10-9-8(11(15)16)7-3-4-12(9,17-7)5-13(10)6-1-2-6/h3-4,6-9H,1-2,5H2,(H,15,16)/t7-,8-,9+,12+/m0/s1. The van der Waals surface area contributed by atoms with Crippen LogP contribution in [-0.4, -0.2) is 46.2 Å². The number of aliphatic carboxylic acids is 1. The van der Waals surface area contributed by atoms with Crippen LogP contribution >= 0.6 is 0 Å². The first-order valence-electron chi connectivity index (χ1n) is 6.03. The molecule has 2 saturated heterocycles. The van der Waals surface area contributed by atoms with Gasteiger partial charge in [-0.05, 0) is 12.8 Å². The molecule has 0 aromatic carbocycles. The molecule has 0 radical (unpaired) electrons. The van der Waals surface area contributed by atoms with Gasteiger partial charge in [0.05, 0.1) is 18.6 Å². The first kappa shape index (κ1) is 9.65. The minimum Gasteiger partial charge on any atom is -0.481 e. The summed E-state index contributed by atoms with van der Waals surface area (Å²) in [4.78, 5) is 25.4. The number of fused-ring (bicyclic) bond motifs is 1. The van der Waals surface area contributed by atoms with Crippen molar-refractivity contribution in [3.05, 3.63) is 12.2 Å². The Morgan fingerprint density at radius 3 is 2.94 bits per heavy atom. The van der Waals surface area contributed by atoms with Crippen molar-refractivity contribution >= 4 is 11.9 Å². The highest BCUT2D eigenvalue weighted by Crippen LogP contribution is 2.53. The molecule has 90 valence electrons. The van der Waals surface area contributed by atoms with E-state index in [4.69, 9.17) is 4.74 Å². The van der Waals surface area contributed by atoms with E-state index in [1.54, 1.807) is 6.08 Å². The maximum Gasteiger partial charge on any atom is 0.310 e. The van der Waals surface area contributed by atoms with Gasteiger partial charge in [0.25, 0.3) is 0 Å². The predicted molar refractivity (Wildman–Crippen MR) is 56.1 cm³/mol. The zero-order valence-electron chi connectivity index (χ0n) is 9.20. The Bertz CT molecular complexity index is 455. The lowest BCUT2D eigenvalue weighted by molar-refractivity contribution is -0.148. The molecule has 4 atom stereocenters. The van der Waals surface area contributed by atoms with Gasteiger partial charge in [0.1, 0.15) is 11.5 Å². The molecule has 1 aliphatic carbocycles. The van der Waals surface area contributed by atoms with Gasteiger partial charge >= 0.3 is 5.97 Å². The second kappa shape index (κ2) is 2.72. The number of carboxylic acids is 1. The summed E-state index contributed by atoms with van der Waals surface area (Å²) < 4.78 is 5.78. The summed E-state index contributed by atoms with van der Waals surface area (Å²) in [6, 6.07) is 0.327. The van der Waals surface area contributed by atoms with Gasteiger partial charge in [-0.25, -0.2) is 0 Å². The lowest BCUT2D eigenvalue weighted by Crippen LogP contribution is -2.39. The molecular weight excluding hydrogens is 222 g/mol. The number of carbonyl (C=O) groups is 2. The maximum atomic E-state index is 12.3. The third-order valence-corrected chi connectivity index (χ3v) is 4.40. The summed E-state index contributed by atoms with van der Waals surface area (Å²) in [6.45, 7) is 0.540. The van der Waals surface area contributed by atoms with E-state index in [1.165, 1.54) is 0 Å². The van der Waals surface area contributed by atoms with E-state index in [-0.39, 0.29) is 5.91 Å². The molecule has 0 unspecified atom stereocenters. The Balaban J connectivity index is 1.76. The van der Waals surface area contributed by atoms with Crippen LogP contribution in [0.1, 0.15) is 12.8 Å². The van der Waals surface area contributed by atoms with E-state index in [9.17, 15) is 14.7 Å². The van der Waals surface area contributed by atoms with E-state index < -0.39 is 29.5 Å². The van der Waals surface area contributed by atoms with E-state index in [0.29, 0.717) is 12.6 Å². The van der Waals surface area contributed by atoms with Crippen molar-refractivity contribution in [3.63, 3.8) is 0 Å². The summed E-state index contributed by atoms with van der Waals surface area (Å²) in [5.41, 5.74) is -0.645. The summed E-state index contributed by atoms with van der Waals surface area (Å²) >= 11 is 0. The van der Waals surface area contributed by atoms with Crippen molar-refractivity contribution in [2.45, 2.75) is 30.6 Å². The lowest BCUT2D eigenvalue weighted by Gasteiger charge is -2.21. The number of amides is 1. The normalized spacial score (nSPS) is 46.7. The molecule has 3 fully saturated rings. The van der Waals surface area contributed by atoms with Crippen molar-refractivity contribution in [3.8, 4) is 0 Å². The van der Waals surface area contributed by atoms with Gasteiger partial charge < -0.3 is 14.7 Å². The third kappa shape index (κ3) is 1.03. The van der Waals surface area contributed by atoms with Crippen molar-refractivity contribution in [1.29, 1.82) is 0 Å². The average molecular weight is 235 g/mol. The second-order valence-electron chi connectivity index (χ2n) is 5.44. The molecule has 0 aromatic rings. The number of ether oxygens (including phenoxy) is 1. The van der Waals surface area contributed by atoms with Gasteiger partial charge in [-0.1, -0.05) is 12.2 Å². The van der Waals surface area contributed by atoms with Crippen LogP contribution in [0.4, 0.5) is 0 Å². The van der Waals surface area contributed by atoms with Crippen molar-refractivity contribution in [1.82, 2.24) is 4.90 Å². The van der Waals surface area contributed by atoms with Crippen LogP contribution in [0.2, 0.25) is 0 Å². The summed E-state index contributed by atoms with van der Waals surface area (Å²) in [7, 11) is 0. The Kier molecular flexibility index (Phi) is 1.54. The first-order valence-corrected chi connectivity index (χ1v) is 6.03. The minimum absolute atomic E-state index is 0.0215. The number of hydrogen-bond donors (Lipinski definition) is 1. The van der Waals surface area contributed by atoms with Crippen molar-refractivity contribution in [2.24, 2.45) is 11.8 Å². The van der Waals surface area contributed by atoms with Gasteiger partial charge in [0, 0.05) is 6.04 Å². The number of carboxylic acid groups (broad SMARTS) is 1. The van der Waals surface area contributed by atoms with Crippen LogP contribution in [0, 0.1) is 11.8 Å². The third-order valence-electron chi connectivity index (χ3n) is 4.40. The molecular formula is C12H13NO4. The number of likely N-dealkylation sites (tertiary alicyclic amines) is 1. The Hall–Kier alpha value is -1.36. The Morgan fingerprint density at radius 1 is 1.53 bits per heavy atom. The lowest BCUT2D eigenvalue weighted by atomic mass is 9.77. The zero-order valence-corrected chi connectivity index (χ0v) is 9.20. The molecule has 2 bridgehead atoms. The van der Waals surface area contributed by atoms with Crippen LogP contribution in [0.3, 0.4) is 0 Å². The van der Waals surface area contributed by atoms with Gasteiger partial charge in [-0.3, -0.25) is 9.59 Å². The minimum atomic E-state index is -0.919. The highest BCUT2D eigenvalue weighted by atomic mass is 16.5. The molecule has 5 nitrogen and oxygen atoms in total. The maximum absolute atomic E-state index is 12.3. The van der Waals surface area contributed by atoms with E-state index in [0.717, 1.165) is 12.8 Å². The number of carbonyl (C=O) groups excluding carboxylic acids is 1. The van der Waals surface area contributed by atoms with Gasteiger partial charge in [-0.2, -0.15) is 0 Å². The fraction of sp³-hybridized carbons (Fsp3) is 0.667. The van der Waals surface area contributed by atoms with E-state index in [1.807, 2.05) is 11.0 Å². The fourth-order valence-corrected chi connectivity index (χ4v) is 3.51. The molecule has 3 heterocycles. The van der Waals surface area contributed by atoms with Crippen LogP contribution in [-0.2, 0) is 14.3 Å². The number of hydrogen-bond acceptors (Lipinski definition) is 3. The van der Waals surface area contributed by atoms with Crippen LogP contribution < -0.4 is 0 Å². The quantitative estimate of drug-likeness (QED) is 0.685. The topological polar surface area (TPSA) is 66.8 Å². The molecule has 1 saturated carbocycles. The van der Waals surface area contributed by atoms with Gasteiger partial charge in [-0.15, -0.1) is 0 Å². The van der Waals surface area contributed by atoms with Crippen LogP contribution in [0.25, 0.3) is 0 Å². The average Bonchev–Trinajstić information content (AvgIpc) is 2.89. The molecule has 17 heavy (non-hydrogen) atoms. The zero-order chi connectivity index (χ0) is 11.8. The molecule has 1 amide bonds. The number of rotatable bonds is 2. The molecule has 1 spiro atoms. The van der Waals surface area contributed by atoms with Crippen molar-refractivity contribution in [2.75, 3.05) is 6.54 Å². The van der Waals surface area contributed by atoms with E-state index in [2.05, 4.69) is 0 Å². The molecule has 1 N–H and O–H groups in total. The number of nitrogens with zero attached hydrogens (tertiary/aromatic N) is 1. The molecule has 4 rings (SSSR count). The van der Waals surface area contributed by atoms with E-state index >= 15 is 0 Å². The molecule has 0 aromatic heterocycles. The van der Waals surface area contributed by atoms with Crippen molar-refractivity contribution < 1.29 is 19.4 Å². The first-order chi connectivity index (χ1) is 8.12. The highest BCUT2D eigenvalue weighted by molar-refractivity contribution is 5.91. The summed E-state index contributed by atoms with van der Waals surface area (Å²) in [6.07, 6.45) is 5.38. The van der Waals surface area contributed by atoms with Gasteiger partial charge in [0.15, 0.2) is 0 Å². The second-order valence-corrected chi connectivity index (χ2v) is 5.44. The van der Waals surface area contributed by atoms with Crippen LogP contribution in [0.15, 0.2) is 12.2 Å². The molecule has 5 heteroatoms. The van der Waals surface area contributed by atoms with Crippen LogP contribution in [0.5, 0.6) is 0 Å². The summed E-state index contributed by atoms with van der Waals surface area (Å²) in [5.74, 6) is -2.14. The highest BCUT2D eigenvalue weighted by Gasteiger charge is 2.68. The monoisotopic (exact) mass is 235 g/mol.